The van der Waals surface area contributed by atoms with Gasteiger partial charge in [0.2, 0.25) is 5.91 Å². The number of thioether (sulfide) groups is 1. The van der Waals surface area contributed by atoms with Gasteiger partial charge in [0.1, 0.15) is 10.9 Å². The number of nitrogens with one attached hydrogen (secondary N) is 1. The summed E-state index contributed by atoms with van der Waals surface area (Å²) in [4.78, 5) is 30.5. The Labute approximate surface area is 186 Å². The number of hydrogen-bond acceptors (Lipinski definition) is 5. The quantitative estimate of drug-likeness (QED) is 0.393. The molecule has 0 bridgehead atoms. The van der Waals surface area contributed by atoms with Crippen LogP contribution in [0.25, 0.3) is 6.08 Å². The third kappa shape index (κ3) is 4.85. The molecule has 0 radical (unpaired) electrons. The van der Waals surface area contributed by atoms with Gasteiger partial charge in [-0.1, -0.05) is 64.8 Å². The van der Waals surface area contributed by atoms with Crippen molar-refractivity contribution in [3.05, 3.63) is 67.8 Å². The van der Waals surface area contributed by atoms with Crippen LogP contribution in [0.1, 0.15) is 11.3 Å². The predicted octanol–water partition coefficient (Wildman–Crippen LogP) is 4.56. The number of hydrogen-bond donors (Lipinski definition) is 1. The molecule has 1 aromatic heterocycles. The third-order valence-electron chi connectivity index (χ3n) is 3.72. The number of thiocarbonyl (C=S) groups is 1. The summed E-state index contributed by atoms with van der Waals surface area (Å²) in [7, 11) is 0. The molecule has 3 rings (SSSR count). The van der Waals surface area contributed by atoms with Gasteiger partial charge in [0.25, 0.3) is 5.91 Å². The second kappa shape index (κ2) is 9.24. The van der Waals surface area contributed by atoms with Gasteiger partial charge < -0.3 is 5.32 Å². The molecule has 0 atom stereocenters. The van der Waals surface area contributed by atoms with Crippen LogP contribution in [0.5, 0.6) is 0 Å². The molecule has 5 nitrogen and oxygen atoms in total. The summed E-state index contributed by atoms with van der Waals surface area (Å²) in [5.41, 5.74) is 1.14. The summed E-state index contributed by atoms with van der Waals surface area (Å²) in [6.07, 6.45) is 3.17. The minimum Gasteiger partial charge on any atom is -0.349 e. The minimum absolute atomic E-state index is 0.189. The Kier molecular flexibility index (Phi) is 6.95. The summed E-state index contributed by atoms with van der Waals surface area (Å²) in [6, 6.07) is 8.57. The van der Waals surface area contributed by atoms with Crippen molar-refractivity contribution in [3.8, 4) is 0 Å². The molecule has 1 aliphatic heterocycles. The number of halogens is 3. The Morgan fingerprint density at radius 3 is 2.68 bits per heavy atom. The molecule has 1 N–H and O–H groups in total. The van der Waals surface area contributed by atoms with Crippen molar-refractivity contribution in [1.29, 1.82) is 0 Å². The van der Waals surface area contributed by atoms with Gasteiger partial charge >= 0.3 is 0 Å². The van der Waals surface area contributed by atoms with E-state index in [1.165, 1.54) is 11.0 Å². The second-order valence-corrected chi connectivity index (χ2v) is 8.49. The fourth-order valence-corrected chi connectivity index (χ4v) is 4.22. The van der Waals surface area contributed by atoms with E-state index in [1.807, 2.05) is 6.07 Å². The van der Waals surface area contributed by atoms with E-state index in [1.54, 1.807) is 30.5 Å². The van der Waals surface area contributed by atoms with E-state index >= 15 is 0 Å². The highest BCUT2D eigenvalue weighted by Gasteiger charge is 2.33. The van der Waals surface area contributed by atoms with E-state index in [-0.39, 0.29) is 28.3 Å². The lowest BCUT2D eigenvalue weighted by atomic mass is 10.2. The minimum atomic E-state index is -0.393. The van der Waals surface area contributed by atoms with Crippen molar-refractivity contribution in [3.63, 3.8) is 0 Å². The number of aromatic nitrogens is 1. The highest BCUT2D eigenvalue weighted by Crippen LogP contribution is 2.37. The first kappa shape index (κ1) is 21.1. The summed E-state index contributed by atoms with van der Waals surface area (Å²) >= 11 is 24.7. The van der Waals surface area contributed by atoms with Crippen LogP contribution in [-0.4, -0.2) is 32.6 Å². The average Bonchev–Trinajstić information content (AvgIpc) is 2.95. The summed E-state index contributed by atoms with van der Waals surface area (Å²) in [5, 5.41) is 3.63. The molecule has 10 heteroatoms. The van der Waals surface area contributed by atoms with Crippen molar-refractivity contribution in [1.82, 2.24) is 15.2 Å². The van der Waals surface area contributed by atoms with Crippen LogP contribution in [0.4, 0.5) is 0 Å². The molecule has 2 aromatic rings. The number of carbonyl (C=O) groups is 2. The van der Waals surface area contributed by atoms with Gasteiger partial charge in [-0.05, 0) is 30.3 Å². The molecular weight excluding hydrogens is 461 g/mol. The van der Waals surface area contributed by atoms with Crippen molar-refractivity contribution in [2.45, 2.75) is 6.54 Å². The maximum atomic E-state index is 12.7. The second-order valence-electron chi connectivity index (χ2n) is 5.62. The maximum absolute atomic E-state index is 12.7. The number of rotatable bonds is 5. The van der Waals surface area contributed by atoms with Gasteiger partial charge in [0.05, 0.1) is 27.2 Å². The Hall–Kier alpha value is -1.64. The van der Waals surface area contributed by atoms with E-state index in [0.717, 1.165) is 11.8 Å². The maximum Gasteiger partial charge on any atom is 0.266 e. The molecule has 1 saturated heterocycles. The SMILES string of the molecule is O=C(CN1C(=O)C(=Cc2c(Cl)ccc(Cl)c2Cl)SC1=S)NCc1ccccn1. The third-order valence-corrected chi connectivity index (χ3v) is 6.25. The molecule has 0 spiro atoms. The van der Waals surface area contributed by atoms with E-state index in [2.05, 4.69) is 10.3 Å². The van der Waals surface area contributed by atoms with Crippen LogP contribution >= 0.6 is 58.8 Å². The van der Waals surface area contributed by atoms with Crippen molar-refractivity contribution >= 4 is 81.0 Å². The molecule has 2 amide bonds. The Morgan fingerprint density at radius 1 is 1.21 bits per heavy atom. The Morgan fingerprint density at radius 2 is 1.96 bits per heavy atom. The monoisotopic (exact) mass is 471 g/mol. The smallest absolute Gasteiger partial charge is 0.266 e. The van der Waals surface area contributed by atoms with Crippen molar-refractivity contribution in [2.24, 2.45) is 0 Å². The van der Waals surface area contributed by atoms with Gasteiger partial charge in [0.15, 0.2) is 0 Å². The fourth-order valence-electron chi connectivity index (χ4n) is 2.33. The summed E-state index contributed by atoms with van der Waals surface area (Å²) in [5.74, 6) is -0.739. The Balaban J connectivity index is 1.70. The largest absolute Gasteiger partial charge is 0.349 e. The van der Waals surface area contributed by atoms with Crippen LogP contribution in [0.15, 0.2) is 41.4 Å². The van der Waals surface area contributed by atoms with Crippen LogP contribution < -0.4 is 5.32 Å². The first-order valence-corrected chi connectivity index (χ1v) is 10.3. The first-order chi connectivity index (χ1) is 13.4. The van der Waals surface area contributed by atoms with Crippen LogP contribution in [0.3, 0.4) is 0 Å². The Bertz CT molecular complexity index is 984. The van der Waals surface area contributed by atoms with Crippen LogP contribution in [-0.2, 0) is 16.1 Å². The van der Waals surface area contributed by atoms with Gasteiger partial charge in [0, 0.05) is 16.8 Å². The van der Waals surface area contributed by atoms with E-state index in [9.17, 15) is 9.59 Å². The summed E-state index contributed by atoms with van der Waals surface area (Å²) in [6.45, 7) is 0.0733. The van der Waals surface area contributed by atoms with Crippen LogP contribution in [0.2, 0.25) is 15.1 Å². The first-order valence-electron chi connectivity index (χ1n) is 7.92. The van der Waals surface area contributed by atoms with Gasteiger partial charge in [-0.15, -0.1) is 0 Å². The normalized spacial score (nSPS) is 15.4. The molecule has 2 heterocycles. The van der Waals surface area contributed by atoms with Crippen LogP contribution in [0, 0.1) is 0 Å². The molecule has 28 heavy (non-hydrogen) atoms. The standard InChI is InChI=1S/C18H12Cl3N3O2S2/c19-12-4-5-13(20)16(21)11(12)7-14-17(26)24(18(27)28-14)9-15(25)23-8-10-3-1-2-6-22-10/h1-7H,8-9H2,(H,23,25). The van der Waals surface area contributed by atoms with E-state index < -0.39 is 5.91 Å². The molecular formula is C18H12Cl3N3O2S2. The topological polar surface area (TPSA) is 62.3 Å². The lowest BCUT2D eigenvalue weighted by Crippen LogP contribution is -2.39. The van der Waals surface area contributed by atoms with Crippen molar-refractivity contribution < 1.29 is 9.59 Å². The predicted molar refractivity (Wildman–Crippen MR) is 117 cm³/mol. The molecule has 1 fully saturated rings. The lowest BCUT2D eigenvalue weighted by molar-refractivity contribution is -0.128. The number of amides is 2. The van der Waals surface area contributed by atoms with Gasteiger partial charge in [-0.3, -0.25) is 19.5 Å². The van der Waals surface area contributed by atoms with E-state index in [0.29, 0.717) is 26.2 Å². The average molecular weight is 473 g/mol. The molecule has 0 saturated carbocycles. The molecule has 0 aliphatic carbocycles. The number of benzene rings is 1. The van der Waals surface area contributed by atoms with E-state index in [4.69, 9.17) is 47.0 Å². The summed E-state index contributed by atoms with van der Waals surface area (Å²) < 4.78 is 0.276. The molecule has 144 valence electrons. The zero-order chi connectivity index (χ0) is 20.3. The number of carbonyl (C=O) groups excluding carboxylic acids is 2. The molecule has 0 unspecified atom stereocenters. The fraction of sp³-hybridized carbons (Fsp3) is 0.111. The number of pyridine rings is 1. The number of nitrogens with zero attached hydrogens (tertiary/aromatic N) is 2. The highest BCUT2D eigenvalue weighted by atomic mass is 35.5. The molecule has 1 aromatic carbocycles. The van der Waals surface area contributed by atoms with Gasteiger partial charge in [-0.2, -0.15) is 0 Å². The zero-order valence-electron chi connectivity index (χ0n) is 14.1. The highest BCUT2D eigenvalue weighted by molar-refractivity contribution is 8.26. The van der Waals surface area contributed by atoms with Crippen molar-refractivity contribution in [2.75, 3.05) is 6.54 Å². The zero-order valence-corrected chi connectivity index (χ0v) is 18.0. The lowest BCUT2D eigenvalue weighted by Gasteiger charge is -2.14. The molecule has 1 aliphatic rings. The van der Waals surface area contributed by atoms with Gasteiger partial charge in [-0.25, -0.2) is 0 Å².